The van der Waals surface area contributed by atoms with Crippen molar-refractivity contribution in [2.75, 3.05) is 19.8 Å². The molecule has 0 bridgehead atoms. The van der Waals surface area contributed by atoms with Crippen LogP contribution in [0.25, 0.3) is 6.08 Å². The van der Waals surface area contributed by atoms with Gasteiger partial charge < -0.3 is 14.2 Å². The maximum Gasteiger partial charge on any atom is 0.330 e. The van der Waals surface area contributed by atoms with Gasteiger partial charge in [0.1, 0.15) is 11.5 Å². The van der Waals surface area contributed by atoms with Crippen molar-refractivity contribution in [3.63, 3.8) is 0 Å². The van der Waals surface area contributed by atoms with Crippen molar-refractivity contribution in [2.45, 2.75) is 40.0 Å². The monoisotopic (exact) mass is 306 g/mol. The summed E-state index contributed by atoms with van der Waals surface area (Å²) in [5.41, 5.74) is 0.776. The second-order valence-electron chi connectivity index (χ2n) is 4.87. The van der Waals surface area contributed by atoms with Crippen molar-refractivity contribution in [1.29, 1.82) is 0 Å². The molecule has 1 aromatic rings. The molecule has 0 atom stereocenters. The van der Waals surface area contributed by atoms with E-state index >= 15 is 0 Å². The van der Waals surface area contributed by atoms with Crippen LogP contribution in [0.4, 0.5) is 0 Å². The average molecular weight is 306 g/mol. The standard InChI is InChI=1S/C18H26O4/c1-4-12-20-16-8-7-9-17(21-13-5-2)15(16)10-11-18(19)22-14-6-3/h7-11H,4-6,12-14H2,1-3H3. The van der Waals surface area contributed by atoms with Crippen molar-refractivity contribution < 1.29 is 19.0 Å². The summed E-state index contributed by atoms with van der Waals surface area (Å²) in [6.45, 7) is 7.73. The second-order valence-corrected chi connectivity index (χ2v) is 4.87. The van der Waals surface area contributed by atoms with Gasteiger partial charge in [-0.2, -0.15) is 0 Å². The second kappa shape index (κ2) is 10.7. The minimum atomic E-state index is -0.353. The zero-order chi connectivity index (χ0) is 16.2. The highest BCUT2D eigenvalue weighted by atomic mass is 16.5. The minimum absolute atomic E-state index is 0.353. The van der Waals surface area contributed by atoms with E-state index in [1.807, 2.05) is 25.1 Å². The Hall–Kier alpha value is -1.97. The van der Waals surface area contributed by atoms with Crippen LogP contribution in [0, 0.1) is 0 Å². The summed E-state index contributed by atoms with van der Waals surface area (Å²) in [6, 6.07) is 5.65. The molecule has 0 fully saturated rings. The van der Waals surface area contributed by atoms with Crippen molar-refractivity contribution in [3.8, 4) is 11.5 Å². The molecule has 122 valence electrons. The number of benzene rings is 1. The molecule has 0 aliphatic rings. The lowest BCUT2D eigenvalue weighted by Gasteiger charge is -2.13. The molecule has 0 heterocycles. The highest BCUT2D eigenvalue weighted by Gasteiger charge is 2.09. The van der Waals surface area contributed by atoms with Crippen LogP contribution in [0.5, 0.6) is 11.5 Å². The first-order valence-electron chi connectivity index (χ1n) is 7.96. The Morgan fingerprint density at radius 2 is 1.50 bits per heavy atom. The number of carbonyl (C=O) groups is 1. The molecule has 0 amide bonds. The van der Waals surface area contributed by atoms with E-state index in [1.54, 1.807) is 6.08 Å². The van der Waals surface area contributed by atoms with Gasteiger partial charge in [0.25, 0.3) is 0 Å². The molecule has 0 aliphatic carbocycles. The highest BCUT2D eigenvalue weighted by molar-refractivity contribution is 5.88. The Labute approximate surface area is 133 Å². The van der Waals surface area contributed by atoms with E-state index in [0.29, 0.717) is 19.8 Å². The summed E-state index contributed by atoms with van der Waals surface area (Å²) in [4.78, 5) is 11.6. The van der Waals surface area contributed by atoms with Crippen LogP contribution in [-0.4, -0.2) is 25.8 Å². The Morgan fingerprint density at radius 1 is 0.955 bits per heavy atom. The van der Waals surface area contributed by atoms with Gasteiger partial charge in [-0.3, -0.25) is 0 Å². The molecule has 4 nitrogen and oxygen atoms in total. The van der Waals surface area contributed by atoms with Crippen LogP contribution >= 0.6 is 0 Å². The van der Waals surface area contributed by atoms with Gasteiger partial charge in [-0.1, -0.05) is 26.8 Å². The van der Waals surface area contributed by atoms with Crippen LogP contribution in [0.1, 0.15) is 45.6 Å². The lowest BCUT2D eigenvalue weighted by atomic mass is 10.1. The number of hydrogen-bond acceptors (Lipinski definition) is 4. The maximum absolute atomic E-state index is 11.6. The van der Waals surface area contributed by atoms with E-state index < -0.39 is 0 Å². The van der Waals surface area contributed by atoms with Gasteiger partial charge in [0.05, 0.1) is 25.4 Å². The zero-order valence-corrected chi connectivity index (χ0v) is 13.8. The molecule has 1 rings (SSSR count). The molecule has 0 aliphatic heterocycles. The van der Waals surface area contributed by atoms with Crippen LogP contribution in [0.15, 0.2) is 24.3 Å². The van der Waals surface area contributed by atoms with Crippen LogP contribution in [0.3, 0.4) is 0 Å². The van der Waals surface area contributed by atoms with Gasteiger partial charge >= 0.3 is 5.97 Å². The topological polar surface area (TPSA) is 44.8 Å². The SMILES string of the molecule is CCCOC(=O)C=Cc1c(OCCC)cccc1OCCC. The van der Waals surface area contributed by atoms with Crippen LogP contribution in [-0.2, 0) is 9.53 Å². The first-order valence-corrected chi connectivity index (χ1v) is 7.96. The summed E-state index contributed by atoms with van der Waals surface area (Å²) >= 11 is 0. The third-order valence-electron chi connectivity index (χ3n) is 2.78. The van der Waals surface area contributed by atoms with Gasteiger partial charge in [-0.15, -0.1) is 0 Å². The Balaban J connectivity index is 2.94. The summed E-state index contributed by atoms with van der Waals surface area (Å²) < 4.78 is 16.5. The maximum atomic E-state index is 11.6. The van der Waals surface area contributed by atoms with Gasteiger partial charge in [-0.25, -0.2) is 4.79 Å². The summed E-state index contributed by atoms with van der Waals surface area (Å²) in [5, 5.41) is 0. The van der Waals surface area contributed by atoms with E-state index in [9.17, 15) is 4.79 Å². The first-order chi connectivity index (χ1) is 10.7. The molecule has 0 saturated carbocycles. The Morgan fingerprint density at radius 3 is 2.00 bits per heavy atom. The smallest absolute Gasteiger partial charge is 0.330 e. The zero-order valence-electron chi connectivity index (χ0n) is 13.8. The van der Waals surface area contributed by atoms with Gasteiger partial charge in [-0.05, 0) is 37.5 Å². The number of esters is 1. The molecule has 0 radical (unpaired) electrons. The average Bonchev–Trinajstić information content (AvgIpc) is 2.54. The molecule has 4 heteroatoms. The quantitative estimate of drug-likeness (QED) is 0.479. The Bertz CT molecular complexity index is 454. The van der Waals surface area contributed by atoms with E-state index in [0.717, 1.165) is 36.3 Å². The molecule has 0 spiro atoms. The van der Waals surface area contributed by atoms with E-state index in [4.69, 9.17) is 14.2 Å². The van der Waals surface area contributed by atoms with Crippen molar-refractivity contribution in [1.82, 2.24) is 0 Å². The molecule has 0 N–H and O–H groups in total. The lowest BCUT2D eigenvalue weighted by Crippen LogP contribution is -2.03. The minimum Gasteiger partial charge on any atom is -0.493 e. The Kier molecular flexibility index (Phi) is 8.80. The predicted octanol–water partition coefficient (Wildman–Crippen LogP) is 4.23. The molecule has 0 unspecified atom stereocenters. The number of hydrogen-bond donors (Lipinski definition) is 0. The van der Waals surface area contributed by atoms with E-state index in [-0.39, 0.29) is 5.97 Å². The normalized spacial score (nSPS) is 10.7. The molecular weight excluding hydrogens is 280 g/mol. The number of ether oxygens (including phenoxy) is 3. The van der Waals surface area contributed by atoms with E-state index in [1.165, 1.54) is 6.08 Å². The molecule has 22 heavy (non-hydrogen) atoms. The number of carbonyl (C=O) groups excluding carboxylic acids is 1. The summed E-state index contributed by atoms with van der Waals surface area (Å²) in [6.07, 6.45) is 5.76. The fourth-order valence-electron chi connectivity index (χ4n) is 1.77. The van der Waals surface area contributed by atoms with Crippen LogP contribution < -0.4 is 9.47 Å². The van der Waals surface area contributed by atoms with Gasteiger partial charge in [0, 0.05) is 6.08 Å². The largest absolute Gasteiger partial charge is 0.493 e. The van der Waals surface area contributed by atoms with Crippen LogP contribution in [0.2, 0.25) is 0 Å². The summed E-state index contributed by atoms with van der Waals surface area (Å²) in [5.74, 6) is 1.08. The predicted molar refractivity (Wildman–Crippen MR) is 88.3 cm³/mol. The molecular formula is C18H26O4. The molecule has 0 aromatic heterocycles. The molecule has 0 saturated heterocycles. The number of rotatable bonds is 10. The van der Waals surface area contributed by atoms with Crippen molar-refractivity contribution in [3.05, 3.63) is 29.8 Å². The van der Waals surface area contributed by atoms with Gasteiger partial charge in [0.2, 0.25) is 0 Å². The third kappa shape index (κ3) is 6.20. The fraction of sp³-hybridized carbons (Fsp3) is 0.500. The fourth-order valence-corrected chi connectivity index (χ4v) is 1.77. The van der Waals surface area contributed by atoms with E-state index in [2.05, 4.69) is 13.8 Å². The third-order valence-corrected chi connectivity index (χ3v) is 2.78. The van der Waals surface area contributed by atoms with Crippen molar-refractivity contribution in [2.24, 2.45) is 0 Å². The highest BCUT2D eigenvalue weighted by Crippen LogP contribution is 2.30. The molecule has 1 aromatic carbocycles. The lowest BCUT2D eigenvalue weighted by molar-refractivity contribution is -0.137. The van der Waals surface area contributed by atoms with Crippen molar-refractivity contribution >= 4 is 12.0 Å². The van der Waals surface area contributed by atoms with Gasteiger partial charge in [0.15, 0.2) is 0 Å². The first kappa shape index (κ1) is 18.1. The summed E-state index contributed by atoms with van der Waals surface area (Å²) in [7, 11) is 0.